The number of alkyl carbamates (subject to hydrolysis) is 1. The van der Waals surface area contributed by atoms with E-state index in [-0.39, 0.29) is 13.1 Å². The number of ether oxygens (including phenoxy) is 1. The second kappa shape index (κ2) is 10.6. The average molecular weight is 438 g/mol. The molecule has 1 amide bonds. The minimum Gasteiger partial charge on any atom is -0.444 e. The van der Waals surface area contributed by atoms with Crippen LogP contribution in [0.15, 0.2) is 54.6 Å². The maximum atomic E-state index is 12.7. The number of halogens is 3. The highest BCUT2D eigenvalue weighted by atomic mass is 19.4. The highest BCUT2D eigenvalue weighted by Gasteiger charge is 2.30. The summed E-state index contributed by atoms with van der Waals surface area (Å²) in [5, 5.41) is 16.4. The van der Waals surface area contributed by atoms with Crippen LogP contribution in [0.25, 0.3) is 0 Å². The molecule has 0 aromatic heterocycles. The summed E-state index contributed by atoms with van der Waals surface area (Å²) in [6, 6.07) is 13.6. The fourth-order valence-corrected chi connectivity index (χ4v) is 2.93. The molecule has 0 aliphatic carbocycles. The SMILES string of the molecule is CC(C)(C)OC(=O)N[C@@H](Cc1ccccc1)[C@H](O)CNCc1ccc(C(F)(F)F)cc1. The number of aliphatic hydroxyl groups is 1. The van der Waals surface area contributed by atoms with Gasteiger partial charge in [-0.15, -0.1) is 0 Å². The topological polar surface area (TPSA) is 70.6 Å². The third kappa shape index (κ3) is 8.98. The van der Waals surface area contributed by atoms with Crippen molar-refractivity contribution in [1.82, 2.24) is 10.6 Å². The molecule has 2 rings (SSSR count). The van der Waals surface area contributed by atoms with Gasteiger partial charge < -0.3 is 20.5 Å². The highest BCUT2D eigenvalue weighted by Crippen LogP contribution is 2.29. The van der Waals surface area contributed by atoms with E-state index in [1.165, 1.54) is 12.1 Å². The van der Waals surface area contributed by atoms with Crippen molar-refractivity contribution < 1.29 is 27.8 Å². The van der Waals surface area contributed by atoms with Gasteiger partial charge in [-0.3, -0.25) is 0 Å². The van der Waals surface area contributed by atoms with Gasteiger partial charge in [-0.05, 0) is 50.5 Å². The van der Waals surface area contributed by atoms with Crippen LogP contribution < -0.4 is 10.6 Å². The van der Waals surface area contributed by atoms with Gasteiger partial charge >= 0.3 is 12.3 Å². The van der Waals surface area contributed by atoms with Crippen LogP contribution >= 0.6 is 0 Å². The third-order valence-corrected chi connectivity index (χ3v) is 4.43. The minimum absolute atomic E-state index is 0.133. The number of alkyl halides is 3. The molecule has 0 radical (unpaired) electrons. The Morgan fingerprint density at radius 1 is 1.00 bits per heavy atom. The summed E-state index contributed by atoms with van der Waals surface area (Å²) in [5.74, 6) is 0. The fraction of sp³-hybridized carbons (Fsp3) is 0.435. The molecule has 0 heterocycles. The number of benzene rings is 2. The zero-order valence-corrected chi connectivity index (χ0v) is 17.9. The Kier molecular flexibility index (Phi) is 8.47. The van der Waals surface area contributed by atoms with Crippen LogP contribution in [0.1, 0.15) is 37.5 Å². The molecule has 170 valence electrons. The average Bonchev–Trinajstić information content (AvgIpc) is 2.66. The van der Waals surface area contributed by atoms with E-state index in [1.54, 1.807) is 20.8 Å². The van der Waals surface area contributed by atoms with Crippen molar-refractivity contribution in [3.8, 4) is 0 Å². The first kappa shape index (κ1) is 24.7. The number of amides is 1. The van der Waals surface area contributed by atoms with Gasteiger partial charge in [-0.2, -0.15) is 13.2 Å². The first-order valence-electron chi connectivity index (χ1n) is 10.0. The van der Waals surface area contributed by atoms with Crippen molar-refractivity contribution in [1.29, 1.82) is 0 Å². The summed E-state index contributed by atoms with van der Waals surface area (Å²) in [5.41, 5.74) is 0.207. The van der Waals surface area contributed by atoms with Gasteiger partial charge in [0.15, 0.2) is 0 Å². The van der Waals surface area contributed by atoms with E-state index in [0.29, 0.717) is 12.0 Å². The predicted molar refractivity (Wildman–Crippen MR) is 112 cm³/mol. The maximum Gasteiger partial charge on any atom is 0.416 e. The van der Waals surface area contributed by atoms with E-state index in [1.807, 2.05) is 30.3 Å². The van der Waals surface area contributed by atoms with Gasteiger partial charge in [0.05, 0.1) is 17.7 Å². The summed E-state index contributed by atoms with van der Waals surface area (Å²) in [6.45, 7) is 5.66. The minimum atomic E-state index is -4.37. The molecule has 0 aliphatic heterocycles. The van der Waals surface area contributed by atoms with Crippen LogP contribution in [0.3, 0.4) is 0 Å². The Morgan fingerprint density at radius 2 is 1.61 bits per heavy atom. The van der Waals surface area contributed by atoms with Crippen LogP contribution in [0, 0.1) is 0 Å². The van der Waals surface area contributed by atoms with Crippen LogP contribution in [0.2, 0.25) is 0 Å². The lowest BCUT2D eigenvalue weighted by molar-refractivity contribution is -0.137. The molecule has 0 fully saturated rings. The zero-order chi connectivity index (χ0) is 23.1. The molecule has 0 saturated carbocycles. The molecule has 0 spiro atoms. The molecule has 0 aliphatic rings. The van der Waals surface area contributed by atoms with Gasteiger partial charge in [0.2, 0.25) is 0 Å². The molecule has 0 saturated heterocycles. The smallest absolute Gasteiger partial charge is 0.416 e. The van der Waals surface area contributed by atoms with E-state index in [4.69, 9.17) is 4.74 Å². The third-order valence-electron chi connectivity index (χ3n) is 4.43. The quantitative estimate of drug-likeness (QED) is 0.575. The van der Waals surface area contributed by atoms with Gasteiger partial charge in [-0.1, -0.05) is 42.5 Å². The number of nitrogens with one attached hydrogen (secondary N) is 2. The van der Waals surface area contributed by atoms with E-state index >= 15 is 0 Å². The number of rotatable bonds is 8. The molecule has 31 heavy (non-hydrogen) atoms. The molecule has 2 aromatic carbocycles. The lowest BCUT2D eigenvalue weighted by atomic mass is 10.0. The van der Waals surface area contributed by atoms with Gasteiger partial charge in [0, 0.05) is 13.1 Å². The van der Waals surface area contributed by atoms with Crippen LogP contribution in [-0.4, -0.2) is 35.5 Å². The van der Waals surface area contributed by atoms with E-state index in [0.717, 1.165) is 17.7 Å². The second-order valence-electron chi connectivity index (χ2n) is 8.34. The van der Waals surface area contributed by atoms with Crippen molar-refractivity contribution >= 4 is 6.09 Å². The number of carbonyl (C=O) groups is 1. The summed E-state index contributed by atoms with van der Waals surface area (Å²) >= 11 is 0. The van der Waals surface area contributed by atoms with E-state index < -0.39 is 35.6 Å². The monoisotopic (exact) mass is 438 g/mol. The Morgan fingerprint density at radius 3 is 2.16 bits per heavy atom. The molecule has 5 nitrogen and oxygen atoms in total. The molecule has 0 bridgehead atoms. The second-order valence-corrected chi connectivity index (χ2v) is 8.34. The fourth-order valence-electron chi connectivity index (χ4n) is 2.93. The Bertz CT molecular complexity index is 819. The molecular formula is C23H29F3N2O3. The van der Waals surface area contributed by atoms with Crippen molar-refractivity contribution in [2.45, 2.75) is 57.7 Å². The van der Waals surface area contributed by atoms with Crippen molar-refractivity contribution in [3.63, 3.8) is 0 Å². The number of hydrogen-bond acceptors (Lipinski definition) is 4. The molecule has 8 heteroatoms. The van der Waals surface area contributed by atoms with Crippen LogP contribution in [0.5, 0.6) is 0 Å². The van der Waals surface area contributed by atoms with Crippen molar-refractivity contribution in [2.75, 3.05) is 6.54 Å². The number of aliphatic hydroxyl groups excluding tert-OH is 1. The predicted octanol–water partition coefficient (Wildman–Crippen LogP) is 4.29. The summed E-state index contributed by atoms with van der Waals surface area (Å²) in [7, 11) is 0. The Labute approximate surface area is 180 Å². The van der Waals surface area contributed by atoms with Crippen molar-refractivity contribution in [2.24, 2.45) is 0 Å². The normalized spacial score (nSPS) is 14.0. The molecule has 3 N–H and O–H groups in total. The Hall–Kier alpha value is -2.58. The summed E-state index contributed by atoms with van der Waals surface area (Å²) in [4.78, 5) is 12.2. The summed E-state index contributed by atoms with van der Waals surface area (Å²) in [6.07, 6.45) is -5.55. The standard InChI is InChI=1S/C23H29F3N2O3/c1-22(2,3)31-21(30)28-19(13-16-7-5-4-6-8-16)20(29)15-27-14-17-9-11-18(12-10-17)23(24,25)26/h4-12,19-20,27,29H,13-15H2,1-3H3,(H,28,30)/t19-,20+/m0/s1. The number of carbonyl (C=O) groups excluding carboxylic acids is 1. The number of hydrogen-bond donors (Lipinski definition) is 3. The van der Waals surface area contributed by atoms with E-state index in [2.05, 4.69) is 10.6 Å². The zero-order valence-electron chi connectivity index (χ0n) is 17.9. The van der Waals surface area contributed by atoms with Gasteiger partial charge in [0.25, 0.3) is 0 Å². The first-order chi connectivity index (χ1) is 14.4. The molecule has 2 aromatic rings. The maximum absolute atomic E-state index is 12.7. The van der Waals surface area contributed by atoms with Gasteiger partial charge in [0.1, 0.15) is 5.60 Å². The molecule has 2 atom stereocenters. The van der Waals surface area contributed by atoms with E-state index in [9.17, 15) is 23.1 Å². The molecular weight excluding hydrogens is 409 g/mol. The van der Waals surface area contributed by atoms with Gasteiger partial charge in [-0.25, -0.2) is 4.79 Å². The summed E-state index contributed by atoms with van der Waals surface area (Å²) < 4.78 is 43.3. The Balaban J connectivity index is 1.96. The molecule has 0 unspecified atom stereocenters. The lowest BCUT2D eigenvalue weighted by Crippen LogP contribution is -2.49. The first-order valence-corrected chi connectivity index (χ1v) is 10.0. The van der Waals surface area contributed by atoms with Crippen LogP contribution in [0.4, 0.5) is 18.0 Å². The van der Waals surface area contributed by atoms with Crippen molar-refractivity contribution in [3.05, 3.63) is 71.3 Å². The largest absolute Gasteiger partial charge is 0.444 e. The highest BCUT2D eigenvalue weighted by molar-refractivity contribution is 5.68. The van der Waals surface area contributed by atoms with Crippen LogP contribution in [-0.2, 0) is 23.9 Å². The lowest BCUT2D eigenvalue weighted by Gasteiger charge is -2.27.